The van der Waals surface area contributed by atoms with E-state index >= 15 is 0 Å². The first-order valence-electron chi connectivity index (χ1n) is 9.47. The highest BCUT2D eigenvalue weighted by Gasteiger charge is 2.19. The maximum absolute atomic E-state index is 13.2. The van der Waals surface area contributed by atoms with Crippen molar-refractivity contribution in [3.8, 4) is 11.4 Å². The van der Waals surface area contributed by atoms with Crippen molar-refractivity contribution in [2.24, 2.45) is 0 Å². The normalized spacial score (nSPS) is 11.0. The van der Waals surface area contributed by atoms with Gasteiger partial charge in [0.15, 0.2) is 10.8 Å². The Hall–Kier alpha value is -4.04. The number of anilines is 1. The zero-order valence-corrected chi connectivity index (χ0v) is 17.2. The summed E-state index contributed by atoms with van der Waals surface area (Å²) in [5.74, 6) is 0.145. The van der Waals surface area contributed by atoms with Gasteiger partial charge < -0.3 is 4.74 Å². The zero-order chi connectivity index (χ0) is 21.4. The molecule has 1 N–H and O–H groups in total. The van der Waals surface area contributed by atoms with Gasteiger partial charge in [-0.2, -0.15) is 9.78 Å². The zero-order valence-electron chi connectivity index (χ0n) is 16.4. The van der Waals surface area contributed by atoms with Gasteiger partial charge in [-0.25, -0.2) is 4.98 Å². The van der Waals surface area contributed by atoms with Crippen LogP contribution in [0.4, 0.5) is 5.13 Å². The van der Waals surface area contributed by atoms with E-state index in [-0.39, 0.29) is 11.3 Å². The second kappa shape index (κ2) is 7.66. The van der Waals surface area contributed by atoms with E-state index in [1.54, 1.807) is 55.6 Å². The number of methoxy groups -OCH3 is 1. The molecule has 0 saturated heterocycles. The predicted octanol–water partition coefficient (Wildman–Crippen LogP) is 4.26. The van der Waals surface area contributed by atoms with Crippen LogP contribution in [0.2, 0.25) is 0 Å². The Morgan fingerprint density at radius 2 is 1.77 bits per heavy atom. The summed E-state index contributed by atoms with van der Waals surface area (Å²) in [7, 11) is 1.55. The fourth-order valence-corrected chi connectivity index (χ4v) is 4.22. The summed E-state index contributed by atoms with van der Waals surface area (Å²) in [6.07, 6.45) is 0. The molecule has 7 nitrogen and oxygen atoms in total. The molecule has 1 amide bonds. The van der Waals surface area contributed by atoms with Gasteiger partial charge in [0.1, 0.15) is 5.75 Å². The Morgan fingerprint density at radius 1 is 1.00 bits per heavy atom. The van der Waals surface area contributed by atoms with E-state index in [9.17, 15) is 9.59 Å². The number of hydrogen-bond donors (Lipinski definition) is 1. The molecule has 0 spiro atoms. The summed E-state index contributed by atoms with van der Waals surface area (Å²) in [4.78, 5) is 30.7. The molecule has 3 aromatic carbocycles. The molecule has 31 heavy (non-hydrogen) atoms. The molecular formula is C23H16N4O3S. The lowest BCUT2D eigenvalue weighted by molar-refractivity contribution is 0.102. The third-order valence-corrected chi connectivity index (χ3v) is 5.78. The lowest BCUT2D eigenvalue weighted by atomic mass is 10.1. The first-order valence-corrected chi connectivity index (χ1v) is 10.3. The Kier molecular flexibility index (Phi) is 4.68. The molecule has 152 valence electrons. The van der Waals surface area contributed by atoms with Crippen LogP contribution in [0, 0.1) is 0 Å². The second-order valence-corrected chi connectivity index (χ2v) is 7.78. The number of ether oxygens (including phenoxy) is 1. The number of nitrogens with zero attached hydrogens (tertiary/aromatic N) is 3. The summed E-state index contributed by atoms with van der Waals surface area (Å²) in [6.45, 7) is 0. The van der Waals surface area contributed by atoms with Crippen molar-refractivity contribution in [1.82, 2.24) is 14.8 Å². The number of thiazole rings is 1. The number of rotatable bonds is 4. The fraction of sp³-hybridized carbons (Fsp3) is 0.0435. The van der Waals surface area contributed by atoms with E-state index in [2.05, 4.69) is 15.4 Å². The maximum atomic E-state index is 13.2. The maximum Gasteiger partial charge on any atom is 0.279 e. The summed E-state index contributed by atoms with van der Waals surface area (Å²) >= 11 is 1.38. The van der Waals surface area contributed by atoms with E-state index in [0.29, 0.717) is 27.3 Å². The average molecular weight is 428 g/mol. The summed E-state index contributed by atoms with van der Waals surface area (Å²) in [6, 6.07) is 21.5. The molecule has 0 atom stereocenters. The third-order valence-electron chi connectivity index (χ3n) is 4.83. The van der Waals surface area contributed by atoms with Gasteiger partial charge in [0.2, 0.25) is 0 Å². The summed E-state index contributed by atoms with van der Waals surface area (Å²) in [5.41, 5.74) is 1.13. The smallest absolute Gasteiger partial charge is 0.279 e. The van der Waals surface area contributed by atoms with Crippen LogP contribution in [0.3, 0.4) is 0 Å². The first kappa shape index (κ1) is 19.0. The average Bonchev–Trinajstić information content (AvgIpc) is 3.21. The van der Waals surface area contributed by atoms with E-state index < -0.39 is 5.91 Å². The number of aromatic nitrogens is 3. The van der Waals surface area contributed by atoms with Crippen LogP contribution in [0.25, 0.3) is 26.7 Å². The summed E-state index contributed by atoms with van der Waals surface area (Å²) in [5, 5.41) is 8.58. The van der Waals surface area contributed by atoms with Gasteiger partial charge in [0, 0.05) is 11.5 Å². The molecule has 0 saturated carbocycles. The van der Waals surface area contributed by atoms with E-state index in [4.69, 9.17) is 4.74 Å². The molecule has 0 bridgehead atoms. The largest absolute Gasteiger partial charge is 0.497 e. The van der Waals surface area contributed by atoms with E-state index in [1.165, 1.54) is 16.0 Å². The van der Waals surface area contributed by atoms with Crippen molar-refractivity contribution in [3.63, 3.8) is 0 Å². The Balaban J connectivity index is 1.64. The number of fused-ring (bicyclic) bond motifs is 2. The standard InChI is InChI=1S/C23H16N4O3S/c1-30-15-8-6-7-14(13-15)27-22(29)17-10-3-2-9-16(17)20(26-27)21(28)25-23-24-18-11-4-5-12-19(18)31-23/h2-13H,1H3,(H,24,25,28). The van der Waals surface area contributed by atoms with Gasteiger partial charge in [0.05, 0.1) is 28.4 Å². The molecule has 0 aliphatic rings. The minimum absolute atomic E-state index is 0.136. The highest BCUT2D eigenvalue weighted by atomic mass is 32.1. The van der Waals surface area contributed by atoms with Crippen molar-refractivity contribution in [1.29, 1.82) is 0 Å². The fourth-order valence-electron chi connectivity index (χ4n) is 3.36. The first-order chi connectivity index (χ1) is 15.1. The third kappa shape index (κ3) is 3.43. The molecule has 0 aliphatic carbocycles. The molecule has 0 unspecified atom stereocenters. The van der Waals surface area contributed by atoms with Crippen LogP contribution in [-0.4, -0.2) is 27.8 Å². The molecule has 2 aromatic heterocycles. The topological polar surface area (TPSA) is 86.1 Å². The molecule has 0 fully saturated rings. The molecule has 5 rings (SSSR count). The lowest BCUT2D eigenvalue weighted by Crippen LogP contribution is -2.26. The molecule has 5 aromatic rings. The number of carbonyl (C=O) groups excluding carboxylic acids is 1. The van der Waals surface area contributed by atoms with Crippen LogP contribution >= 0.6 is 11.3 Å². The minimum Gasteiger partial charge on any atom is -0.497 e. The van der Waals surface area contributed by atoms with Crippen LogP contribution in [0.15, 0.2) is 77.6 Å². The highest BCUT2D eigenvalue weighted by Crippen LogP contribution is 2.26. The number of amides is 1. The molecule has 2 heterocycles. The van der Waals surface area contributed by atoms with Crippen LogP contribution in [0.1, 0.15) is 10.5 Å². The molecule has 0 aliphatic heterocycles. The van der Waals surface area contributed by atoms with Gasteiger partial charge in [-0.1, -0.05) is 47.7 Å². The van der Waals surface area contributed by atoms with Crippen LogP contribution in [-0.2, 0) is 0 Å². The summed E-state index contributed by atoms with van der Waals surface area (Å²) < 4.78 is 7.45. The Labute approximate surface area is 180 Å². The Morgan fingerprint density at radius 3 is 2.58 bits per heavy atom. The number of hydrogen-bond acceptors (Lipinski definition) is 6. The molecule has 8 heteroatoms. The van der Waals surface area contributed by atoms with Crippen LogP contribution < -0.4 is 15.6 Å². The van der Waals surface area contributed by atoms with E-state index in [0.717, 1.165) is 10.2 Å². The van der Waals surface area contributed by atoms with Gasteiger partial charge in [-0.3, -0.25) is 14.9 Å². The number of para-hydroxylation sites is 1. The van der Waals surface area contributed by atoms with Crippen molar-refractivity contribution >= 4 is 43.4 Å². The number of benzene rings is 3. The Bertz CT molecular complexity index is 1470. The minimum atomic E-state index is -0.438. The van der Waals surface area contributed by atoms with Crippen molar-refractivity contribution < 1.29 is 9.53 Å². The lowest BCUT2D eigenvalue weighted by Gasteiger charge is -2.11. The molecular weight excluding hydrogens is 412 g/mol. The van der Waals surface area contributed by atoms with Gasteiger partial charge in [0.25, 0.3) is 11.5 Å². The SMILES string of the molecule is COc1cccc(-n2nc(C(=O)Nc3nc4ccccc4s3)c3ccccc3c2=O)c1. The number of nitrogens with one attached hydrogen (secondary N) is 1. The number of carbonyl (C=O) groups is 1. The van der Waals surface area contributed by atoms with E-state index in [1.807, 2.05) is 24.3 Å². The monoisotopic (exact) mass is 428 g/mol. The van der Waals surface area contributed by atoms with Gasteiger partial charge >= 0.3 is 0 Å². The highest BCUT2D eigenvalue weighted by molar-refractivity contribution is 7.22. The second-order valence-electron chi connectivity index (χ2n) is 6.75. The van der Waals surface area contributed by atoms with Crippen molar-refractivity contribution in [2.45, 2.75) is 0 Å². The molecule has 0 radical (unpaired) electrons. The van der Waals surface area contributed by atoms with Crippen molar-refractivity contribution in [3.05, 3.63) is 88.8 Å². The van der Waals surface area contributed by atoms with Gasteiger partial charge in [-0.15, -0.1) is 0 Å². The quantitative estimate of drug-likeness (QED) is 0.462. The van der Waals surface area contributed by atoms with Gasteiger partial charge in [-0.05, 0) is 30.3 Å². The van der Waals surface area contributed by atoms with Crippen LogP contribution in [0.5, 0.6) is 5.75 Å². The predicted molar refractivity (Wildman–Crippen MR) is 121 cm³/mol. The van der Waals surface area contributed by atoms with Crippen molar-refractivity contribution in [2.75, 3.05) is 12.4 Å².